The molecule has 0 aliphatic carbocycles. The van der Waals surface area contributed by atoms with E-state index in [0.717, 1.165) is 22.3 Å². The predicted molar refractivity (Wildman–Crippen MR) is 196 cm³/mol. The van der Waals surface area contributed by atoms with Crippen molar-refractivity contribution in [1.82, 2.24) is 0 Å². The summed E-state index contributed by atoms with van der Waals surface area (Å²) in [6.07, 6.45) is 3.09. The van der Waals surface area contributed by atoms with Crippen molar-refractivity contribution >= 4 is 58.8 Å². The maximum Gasteiger partial charge on any atom is 2.00 e. The summed E-state index contributed by atoms with van der Waals surface area (Å²) in [6.45, 7) is 0. The van der Waals surface area contributed by atoms with Crippen LogP contribution in [0.25, 0.3) is 0 Å². The maximum atomic E-state index is 12.1. The molecule has 0 fully saturated rings. The fourth-order valence-corrected chi connectivity index (χ4v) is 5.95. The molecule has 0 heterocycles. The van der Waals surface area contributed by atoms with Gasteiger partial charge in [-0.1, -0.05) is 179 Å². The van der Waals surface area contributed by atoms with Gasteiger partial charge in [-0.25, -0.2) is 0 Å². The Morgan fingerprint density at radius 2 is 0.694 bits per heavy atom. The quantitative estimate of drug-likeness (QED) is 0.114. The van der Waals surface area contributed by atoms with E-state index in [9.17, 15) is 10.2 Å². The van der Waals surface area contributed by atoms with E-state index >= 15 is 0 Å². The molecule has 4 nitrogen and oxygen atoms in total. The minimum Gasteiger partial charge on any atom is -0.871 e. The first-order chi connectivity index (χ1) is 23.3. The van der Waals surface area contributed by atoms with E-state index in [-0.39, 0.29) is 50.7 Å². The van der Waals surface area contributed by atoms with E-state index in [1.807, 2.05) is 121 Å². The van der Waals surface area contributed by atoms with Crippen molar-refractivity contribution in [3.8, 4) is 11.5 Å². The minimum absolute atomic E-state index is 0. The Hall–Kier alpha value is -4.06. The molecule has 9 heteroatoms. The van der Waals surface area contributed by atoms with Crippen molar-refractivity contribution in [3.63, 3.8) is 0 Å². The smallest absolute Gasteiger partial charge is 0.871 e. The van der Waals surface area contributed by atoms with Gasteiger partial charge < -0.3 is 10.2 Å². The minimum atomic E-state index is -0.273. The summed E-state index contributed by atoms with van der Waals surface area (Å²) < 4.78 is 0. The second-order valence-corrected chi connectivity index (χ2v) is 12.3. The van der Waals surface area contributed by atoms with Crippen molar-refractivity contribution < 1.29 is 27.3 Å². The van der Waals surface area contributed by atoms with Crippen LogP contribution in [0.3, 0.4) is 0 Å². The van der Waals surface area contributed by atoms with E-state index in [2.05, 4.69) is 9.98 Å². The van der Waals surface area contributed by atoms with Crippen LogP contribution in [0.5, 0.6) is 11.5 Å². The molecule has 1 radical (unpaired) electrons. The van der Waals surface area contributed by atoms with Gasteiger partial charge in [-0.3, -0.25) is 9.98 Å². The van der Waals surface area contributed by atoms with Crippen molar-refractivity contribution in [1.29, 1.82) is 0 Å². The Balaban J connectivity index is 0.000000216. The van der Waals surface area contributed by atoms with Gasteiger partial charge in [-0.2, -0.15) is 0 Å². The number of aliphatic imine (C=N–C) groups is 2. The molecule has 0 saturated heterocycles. The van der Waals surface area contributed by atoms with Crippen LogP contribution in [0, 0.1) is 0 Å². The molecule has 6 aromatic carbocycles. The van der Waals surface area contributed by atoms with Gasteiger partial charge in [0.1, 0.15) is 0 Å². The van der Waals surface area contributed by atoms with Crippen LogP contribution in [0.4, 0.5) is 0 Å². The van der Waals surface area contributed by atoms with Gasteiger partial charge in [0.25, 0.3) is 0 Å². The standard InChI is InChI=1S/2C20H15Cl2NO.Cu/c2*21-17-11-16(20(24)18(22)12-17)13-23-19(14-7-3-1-4-8-14)15-9-5-2-6-10-15;/h2*1-13,19,24H;/q;;+2/p-2. The molecular weight excluding hydrogens is 746 g/mol. The number of halogens is 4. The normalized spacial score (nSPS) is 11.1. The summed E-state index contributed by atoms with van der Waals surface area (Å²) in [5.74, 6) is -0.547. The molecular formula is C40H28Cl4CuN2O2. The zero-order chi connectivity index (χ0) is 33.9. The van der Waals surface area contributed by atoms with Gasteiger partial charge in [0.05, 0.1) is 12.1 Å². The molecule has 0 amide bonds. The molecule has 0 saturated carbocycles. The third-order valence-electron chi connectivity index (χ3n) is 7.26. The van der Waals surface area contributed by atoms with E-state index in [4.69, 9.17) is 46.4 Å². The molecule has 0 unspecified atom stereocenters. The van der Waals surface area contributed by atoms with Gasteiger partial charge in [0.15, 0.2) is 0 Å². The fourth-order valence-electron chi connectivity index (χ4n) is 4.93. The summed E-state index contributed by atoms with van der Waals surface area (Å²) in [4.78, 5) is 9.27. The predicted octanol–water partition coefficient (Wildman–Crippen LogP) is 10.5. The summed E-state index contributed by atoms with van der Waals surface area (Å²) in [7, 11) is 0. The first-order valence-electron chi connectivity index (χ1n) is 14.9. The Morgan fingerprint density at radius 3 is 0.959 bits per heavy atom. The third kappa shape index (κ3) is 10.5. The molecule has 0 atom stereocenters. The SMILES string of the molecule is [Cu+2].[O-]c1c(Cl)cc(Cl)cc1C=NC(c1ccccc1)c1ccccc1.[O-]c1c(Cl)cc(Cl)cc1C=NC(c1ccccc1)c1ccccc1. The molecule has 0 N–H and O–H groups in total. The molecule has 0 spiro atoms. The van der Waals surface area contributed by atoms with Crippen LogP contribution < -0.4 is 10.2 Å². The zero-order valence-electron chi connectivity index (χ0n) is 25.7. The van der Waals surface area contributed by atoms with Crippen LogP contribution in [0.15, 0.2) is 156 Å². The van der Waals surface area contributed by atoms with Crippen LogP contribution in [-0.2, 0) is 17.1 Å². The van der Waals surface area contributed by atoms with Crippen LogP contribution in [0.2, 0.25) is 20.1 Å². The Kier molecular flexibility index (Phi) is 14.4. The molecule has 0 aliphatic rings. The average molecular weight is 774 g/mol. The second-order valence-electron chi connectivity index (χ2n) is 10.6. The van der Waals surface area contributed by atoms with Crippen LogP contribution in [-0.4, -0.2) is 12.4 Å². The monoisotopic (exact) mass is 771 g/mol. The van der Waals surface area contributed by atoms with Gasteiger partial charge >= 0.3 is 17.1 Å². The molecule has 249 valence electrons. The van der Waals surface area contributed by atoms with E-state index in [1.54, 1.807) is 24.6 Å². The maximum absolute atomic E-state index is 12.1. The second kappa shape index (κ2) is 18.6. The third-order valence-corrected chi connectivity index (χ3v) is 8.26. The summed E-state index contributed by atoms with van der Waals surface area (Å²) in [6, 6.07) is 45.3. The number of hydrogen-bond acceptors (Lipinski definition) is 4. The van der Waals surface area contributed by atoms with Crippen LogP contribution >= 0.6 is 46.4 Å². The average Bonchev–Trinajstić information content (AvgIpc) is 3.11. The van der Waals surface area contributed by atoms with Crippen molar-refractivity contribution in [2.45, 2.75) is 12.1 Å². The van der Waals surface area contributed by atoms with Crippen molar-refractivity contribution in [3.05, 3.63) is 199 Å². The van der Waals surface area contributed by atoms with Crippen molar-refractivity contribution in [2.24, 2.45) is 9.98 Å². The summed E-state index contributed by atoms with van der Waals surface area (Å²) in [5, 5.41) is 25.3. The number of hydrogen-bond donors (Lipinski definition) is 0. The fraction of sp³-hybridized carbons (Fsp3) is 0.0500. The Bertz CT molecular complexity index is 1770. The number of rotatable bonds is 8. The molecule has 49 heavy (non-hydrogen) atoms. The summed E-state index contributed by atoms with van der Waals surface area (Å²) >= 11 is 23.8. The zero-order valence-corrected chi connectivity index (χ0v) is 29.7. The molecule has 0 bridgehead atoms. The van der Waals surface area contributed by atoms with E-state index < -0.39 is 0 Å². The number of nitrogens with zero attached hydrogens (tertiary/aromatic N) is 2. The van der Waals surface area contributed by atoms with Gasteiger partial charge in [0, 0.05) is 32.5 Å². The molecule has 0 aliphatic heterocycles. The molecule has 6 rings (SSSR count). The largest absolute Gasteiger partial charge is 2.00 e. The number of benzene rings is 6. The van der Waals surface area contributed by atoms with Crippen molar-refractivity contribution in [2.75, 3.05) is 0 Å². The van der Waals surface area contributed by atoms with Gasteiger partial charge in [0.2, 0.25) is 0 Å². The Labute approximate surface area is 316 Å². The first-order valence-corrected chi connectivity index (χ1v) is 16.4. The summed E-state index contributed by atoms with van der Waals surface area (Å²) in [5.41, 5.74) is 4.93. The topological polar surface area (TPSA) is 70.8 Å². The van der Waals surface area contributed by atoms with Gasteiger partial charge in [-0.15, -0.1) is 0 Å². The molecule has 6 aromatic rings. The van der Waals surface area contributed by atoms with Gasteiger partial charge in [-0.05, 0) is 57.6 Å². The Morgan fingerprint density at radius 1 is 0.429 bits per heavy atom. The van der Waals surface area contributed by atoms with Crippen LogP contribution in [0.1, 0.15) is 45.5 Å². The van der Waals surface area contributed by atoms with E-state index in [0.29, 0.717) is 21.2 Å². The first kappa shape index (κ1) is 37.8. The van der Waals surface area contributed by atoms with E-state index in [1.165, 1.54) is 12.1 Å². The molecule has 0 aromatic heterocycles.